The molecule has 0 spiro atoms. The van der Waals surface area contributed by atoms with E-state index < -0.39 is 0 Å². The predicted molar refractivity (Wildman–Crippen MR) is 65.3 cm³/mol. The number of hydrogen-bond acceptors (Lipinski definition) is 4. The summed E-state index contributed by atoms with van der Waals surface area (Å²) in [6.45, 7) is 1.81. The van der Waals surface area contributed by atoms with Crippen molar-refractivity contribution in [1.29, 1.82) is 0 Å². The van der Waals surface area contributed by atoms with E-state index in [0.29, 0.717) is 11.8 Å². The molecule has 0 aliphatic rings. The van der Waals surface area contributed by atoms with E-state index in [9.17, 15) is 9.90 Å². The zero-order valence-electron chi connectivity index (χ0n) is 9.97. The highest BCUT2D eigenvalue weighted by molar-refractivity contribution is 5.80. The molecule has 1 aromatic rings. The number of rotatable bonds is 5. The molecule has 0 bridgehead atoms. The van der Waals surface area contributed by atoms with Crippen LogP contribution in [0.5, 0.6) is 5.75 Å². The third-order valence-electron chi connectivity index (χ3n) is 2.46. The number of benzene rings is 1. The van der Waals surface area contributed by atoms with Crippen LogP contribution in [0.1, 0.15) is 10.4 Å². The van der Waals surface area contributed by atoms with Crippen molar-refractivity contribution < 1.29 is 9.90 Å². The summed E-state index contributed by atoms with van der Waals surface area (Å²) < 4.78 is 0. The number of carbonyl (C=O) groups excluding carboxylic acids is 1. The van der Waals surface area contributed by atoms with Crippen LogP contribution in [0.2, 0.25) is 0 Å². The van der Waals surface area contributed by atoms with Gasteiger partial charge in [-0.1, -0.05) is 0 Å². The van der Waals surface area contributed by atoms with E-state index in [1.54, 1.807) is 12.1 Å². The average molecular weight is 222 g/mol. The van der Waals surface area contributed by atoms with Gasteiger partial charge in [-0.2, -0.15) is 0 Å². The van der Waals surface area contributed by atoms with Gasteiger partial charge in [-0.3, -0.25) is 4.79 Å². The van der Waals surface area contributed by atoms with Gasteiger partial charge in [0.25, 0.3) is 0 Å². The third-order valence-corrected chi connectivity index (χ3v) is 2.46. The molecule has 0 atom stereocenters. The van der Waals surface area contributed by atoms with Crippen LogP contribution in [-0.2, 0) is 0 Å². The van der Waals surface area contributed by atoms with Crippen LogP contribution in [0.25, 0.3) is 0 Å². The predicted octanol–water partition coefficient (Wildman–Crippen LogP) is 1.20. The topological polar surface area (TPSA) is 43.8 Å². The smallest absolute Gasteiger partial charge is 0.153 e. The molecule has 0 aliphatic carbocycles. The van der Waals surface area contributed by atoms with Crippen LogP contribution in [0.4, 0.5) is 5.69 Å². The molecule has 0 heterocycles. The van der Waals surface area contributed by atoms with Crippen LogP contribution in [0.3, 0.4) is 0 Å². The lowest BCUT2D eigenvalue weighted by Crippen LogP contribution is -2.28. The summed E-state index contributed by atoms with van der Waals surface area (Å²) in [4.78, 5) is 14.7. The number of aromatic hydroxyl groups is 1. The van der Waals surface area contributed by atoms with E-state index in [1.165, 1.54) is 0 Å². The highest BCUT2D eigenvalue weighted by atomic mass is 16.3. The highest BCUT2D eigenvalue weighted by Gasteiger charge is 2.05. The lowest BCUT2D eigenvalue weighted by molar-refractivity contribution is 0.112. The number of phenolic OH excluding ortho intramolecular Hbond substituents is 1. The van der Waals surface area contributed by atoms with Crippen molar-refractivity contribution in [2.75, 3.05) is 39.1 Å². The molecule has 0 amide bonds. The molecule has 0 fully saturated rings. The zero-order chi connectivity index (χ0) is 12.1. The normalized spacial score (nSPS) is 10.5. The molecule has 0 radical (unpaired) electrons. The van der Waals surface area contributed by atoms with Crippen molar-refractivity contribution in [2.24, 2.45) is 0 Å². The highest BCUT2D eigenvalue weighted by Crippen LogP contribution is 2.22. The number of aldehydes is 1. The summed E-state index contributed by atoms with van der Waals surface area (Å²) >= 11 is 0. The Balaban J connectivity index is 2.72. The fourth-order valence-corrected chi connectivity index (χ4v) is 1.35. The number of likely N-dealkylation sites (N-methyl/N-ethyl adjacent to an activating group) is 2. The Kier molecular flexibility index (Phi) is 4.31. The molecule has 1 aromatic carbocycles. The van der Waals surface area contributed by atoms with Crippen LogP contribution >= 0.6 is 0 Å². The Labute approximate surface area is 96.1 Å². The van der Waals surface area contributed by atoms with Gasteiger partial charge in [-0.05, 0) is 26.2 Å². The van der Waals surface area contributed by atoms with Gasteiger partial charge in [0.05, 0.1) is 5.56 Å². The van der Waals surface area contributed by atoms with E-state index in [0.717, 1.165) is 18.8 Å². The first-order valence-electron chi connectivity index (χ1n) is 5.18. The molecule has 1 rings (SSSR count). The summed E-state index contributed by atoms with van der Waals surface area (Å²) in [5.74, 6) is 0.0317. The minimum absolute atomic E-state index is 0.0317. The summed E-state index contributed by atoms with van der Waals surface area (Å²) in [5, 5.41) is 9.55. The first-order chi connectivity index (χ1) is 7.54. The molecule has 0 aromatic heterocycles. The second-order valence-corrected chi connectivity index (χ2v) is 4.09. The van der Waals surface area contributed by atoms with Gasteiger partial charge in [0, 0.05) is 31.9 Å². The fraction of sp³-hybridized carbons (Fsp3) is 0.417. The Morgan fingerprint density at radius 2 is 1.94 bits per heavy atom. The number of hydrogen-bond donors (Lipinski definition) is 1. The molecule has 16 heavy (non-hydrogen) atoms. The Hall–Kier alpha value is -1.55. The van der Waals surface area contributed by atoms with E-state index in [-0.39, 0.29) is 5.75 Å². The van der Waals surface area contributed by atoms with Crippen LogP contribution in [0.15, 0.2) is 18.2 Å². The van der Waals surface area contributed by atoms with E-state index in [2.05, 4.69) is 4.90 Å². The second-order valence-electron chi connectivity index (χ2n) is 4.09. The summed E-state index contributed by atoms with van der Waals surface area (Å²) in [7, 11) is 5.99. The van der Waals surface area contributed by atoms with Crippen molar-refractivity contribution >= 4 is 12.0 Å². The molecular formula is C12H18N2O2. The minimum atomic E-state index is 0.0317. The summed E-state index contributed by atoms with van der Waals surface area (Å²) in [6.07, 6.45) is 0.652. The van der Waals surface area contributed by atoms with Crippen LogP contribution in [0, 0.1) is 0 Å². The largest absolute Gasteiger partial charge is 0.507 e. The SMILES string of the molecule is CN(C)CCN(C)c1ccc(C=O)c(O)c1. The number of phenols is 1. The van der Waals surface area contributed by atoms with Gasteiger partial charge in [0.15, 0.2) is 6.29 Å². The standard InChI is InChI=1S/C12H18N2O2/c1-13(2)6-7-14(3)11-5-4-10(9-15)12(16)8-11/h4-5,8-9,16H,6-7H2,1-3H3. The lowest BCUT2D eigenvalue weighted by Gasteiger charge is -2.21. The van der Waals surface area contributed by atoms with Gasteiger partial charge >= 0.3 is 0 Å². The maximum atomic E-state index is 10.5. The van der Waals surface area contributed by atoms with Crippen molar-refractivity contribution in [3.05, 3.63) is 23.8 Å². The van der Waals surface area contributed by atoms with E-state index in [1.807, 2.05) is 32.1 Å². The quantitative estimate of drug-likeness (QED) is 0.760. The van der Waals surface area contributed by atoms with Crippen LogP contribution in [-0.4, -0.2) is 50.5 Å². The zero-order valence-corrected chi connectivity index (χ0v) is 9.97. The molecule has 0 aliphatic heterocycles. The van der Waals surface area contributed by atoms with Crippen LogP contribution < -0.4 is 4.90 Å². The van der Waals surface area contributed by atoms with Crippen molar-refractivity contribution in [2.45, 2.75) is 0 Å². The monoisotopic (exact) mass is 222 g/mol. The van der Waals surface area contributed by atoms with Crippen molar-refractivity contribution in [3.8, 4) is 5.75 Å². The first kappa shape index (κ1) is 12.5. The molecule has 1 N–H and O–H groups in total. The van der Waals surface area contributed by atoms with Gasteiger partial charge in [0.2, 0.25) is 0 Å². The maximum absolute atomic E-state index is 10.5. The van der Waals surface area contributed by atoms with Gasteiger partial charge < -0.3 is 14.9 Å². The van der Waals surface area contributed by atoms with Gasteiger partial charge in [-0.25, -0.2) is 0 Å². The molecule has 4 nitrogen and oxygen atoms in total. The van der Waals surface area contributed by atoms with Gasteiger partial charge in [0.1, 0.15) is 5.75 Å². The van der Waals surface area contributed by atoms with E-state index >= 15 is 0 Å². The Morgan fingerprint density at radius 1 is 1.25 bits per heavy atom. The second kappa shape index (κ2) is 5.51. The summed E-state index contributed by atoms with van der Waals surface area (Å²) in [5.41, 5.74) is 1.23. The molecule has 88 valence electrons. The molecule has 0 unspecified atom stereocenters. The maximum Gasteiger partial charge on any atom is 0.153 e. The summed E-state index contributed by atoms with van der Waals surface area (Å²) in [6, 6.07) is 5.07. The van der Waals surface area contributed by atoms with Crippen molar-refractivity contribution in [1.82, 2.24) is 4.90 Å². The molecular weight excluding hydrogens is 204 g/mol. The minimum Gasteiger partial charge on any atom is -0.507 e. The van der Waals surface area contributed by atoms with E-state index in [4.69, 9.17) is 0 Å². The fourth-order valence-electron chi connectivity index (χ4n) is 1.35. The Morgan fingerprint density at radius 3 is 2.44 bits per heavy atom. The average Bonchev–Trinajstić information content (AvgIpc) is 2.25. The van der Waals surface area contributed by atoms with Crippen molar-refractivity contribution in [3.63, 3.8) is 0 Å². The molecule has 0 saturated heterocycles. The Bertz CT molecular complexity index is 364. The van der Waals surface area contributed by atoms with Gasteiger partial charge in [-0.15, -0.1) is 0 Å². The number of nitrogens with zero attached hydrogens (tertiary/aromatic N) is 2. The molecule has 4 heteroatoms. The molecule has 0 saturated carbocycles. The number of anilines is 1. The third kappa shape index (κ3) is 3.24. The number of carbonyl (C=O) groups is 1. The lowest BCUT2D eigenvalue weighted by atomic mass is 10.2. The first-order valence-corrected chi connectivity index (χ1v) is 5.18.